The number of nitrogens with one attached hydrogen (secondary N) is 1. The Kier molecular flexibility index (Phi) is 3.77. The van der Waals surface area contributed by atoms with E-state index >= 15 is 0 Å². The minimum atomic E-state index is -0.946. The largest absolute Gasteiger partial charge is 0.478 e. The first-order valence-corrected chi connectivity index (χ1v) is 6.09. The average molecular weight is 244 g/mol. The van der Waals surface area contributed by atoms with Gasteiger partial charge in [-0.2, -0.15) is 0 Å². The maximum Gasteiger partial charge on any atom is 0.337 e. The summed E-state index contributed by atoms with van der Waals surface area (Å²) in [7, 11) is 0. The fourth-order valence-corrected chi connectivity index (χ4v) is 1.89. The van der Waals surface area contributed by atoms with Crippen molar-refractivity contribution in [3.05, 3.63) is 36.0 Å². The number of anilines is 1. The quantitative estimate of drug-likeness (QED) is 0.793. The first-order chi connectivity index (χ1) is 8.74. The predicted molar refractivity (Wildman–Crippen MR) is 72.1 cm³/mol. The van der Waals surface area contributed by atoms with Crippen LogP contribution in [0.1, 0.15) is 30.1 Å². The third kappa shape index (κ3) is 2.42. The molecule has 1 aromatic heterocycles. The zero-order chi connectivity index (χ0) is 13.0. The van der Waals surface area contributed by atoms with Gasteiger partial charge in [-0.3, -0.25) is 0 Å². The lowest BCUT2D eigenvalue weighted by Crippen LogP contribution is -2.06. The van der Waals surface area contributed by atoms with Crippen LogP contribution in [0.15, 0.2) is 30.5 Å². The molecule has 0 atom stereocenters. The van der Waals surface area contributed by atoms with Crippen molar-refractivity contribution in [1.82, 2.24) is 4.98 Å². The number of carboxylic acids is 1. The average Bonchev–Trinajstić information content (AvgIpc) is 2.38. The van der Waals surface area contributed by atoms with Crippen LogP contribution >= 0.6 is 0 Å². The van der Waals surface area contributed by atoms with Gasteiger partial charge in [0.15, 0.2) is 0 Å². The van der Waals surface area contributed by atoms with Gasteiger partial charge in [-0.05, 0) is 6.42 Å². The van der Waals surface area contributed by atoms with Crippen molar-refractivity contribution in [3.8, 4) is 0 Å². The van der Waals surface area contributed by atoms with Crippen LogP contribution in [0.3, 0.4) is 0 Å². The second-order valence-corrected chi connectivity index (χ2v) is 4.15. The van der Waals surface area contributed by atoms with Gasteiger partial charge in [-0.1, -0.05) is 37.6 Å². The second kappa shape index (κ2) is 5.49. The highest BCUT2D eigenvalue weighted by Crippen LogP contribution is 2.24. The molecule has 0 radical (unpaired) electrons. The smallest absolute Gasteiger partial charge is 0.337 e. The Morgan fingerprint density at radius 3 is 2.72 bits per heavy atom. The highest BCUT2D eigenvalue weighted by Gasteiger charge is 2.11. The molecule has 94 valence electrons. The highest BCUT2D eigenvalue weighted by molar-refractivity contribution is 6.06. The summed E-state index contributed by atoms with van der Waals surface area (Å²) >= 11 is 0. The van der Waals surface area contributed by atoms with E-state index in [1.165, 1.54) is 6.20 Å². The number of benzene rings is 1. The molecule has 0 amide bonds. The number of aromatic nitrogens is 1. The number of hydrogen-bond donors (Lipinski definition) is 2. The first kappa shape index (κ1) is 12.4. The number of unbranched alkanes of at least 4 members (excludes halogenated alkanes) is 1. The topological polar surface area (TPSA) is 62.2 Å². The molecule has 18 heavy (non-hydrogen) atoms. The van der Waals surface area contributed by atoms with E-state index in [1.54, 1.807) is 0 Å². The maximum absolute atomic E-state index is 11.1. The number of carboxylic acid groups (broad SMARTS) is 1. The summed E-state index contributed by atoms with van der Waals surface area (Å²) in [5.74, 6) is -0.192. The molecule has 0 fully saturated rings. The molecular formula is C14H16N2O2. The van der Waals surface area contributed by atoms with Gasteiger partial charge < -0.3 is 10.4 Å². The number of nitrogens with zero attached hydrogens (tertiary/aromatic N) is 1. The molecule has 0 saturated heterocycles. The summed E-state index contributed by atoms with van der Waals surface area (Å²) < 4.78 is 0. The maximum atomic E-state index is 11.1. The summed E-state index contributed by atoms with van der Waals surface area (Å²) in [6, 6.07) is 7.43. The molecule has 0 aliphatic rings. The minimum Gasteiger partial charge on any atom is -0.478 e. The van der Waals surface area contributed by atoms with E-state index in [0.717, 1.165) is 36.0 Å². The van der Waals surface area contributed by atoms with Gasteiger partial charge in [-0.25, -0.2) is 9.78 Å². The van der Waals surface area contributed by atoms with Crippen LogP contribution in [0, 0.1) is 0 Å². The van der Waals surface area contributed by atoms with Gasteiger partial charge >= 0.3 is 5.97 Å². The predicted octanol–water partition coefficient (Wildman–Crippen LogP) is 3.15. The van der Waals surface area contributed by atoms with E-state index in [-0.39, 0.29) is 5.56 Å². The van der Waals surface area contributed by atoms with Gasteiger partial charge in [0.1, 0.15) is 5.82 Å². The van der Waals surface area contributed by atoms with Gasteiger partial charge in [0.05, 0.1) is 5.56 Å². The van der Waals surface area contributed by atoms with Crippen molar-refractivity contribution in [2.75, 3.05) is 11.9 Å². The Bertz CT molecular complexity index is 567. The van der Waals surface area contributed by atoms with Gasteiger partial charge in [0.2, 0.25) is 0 Å². The molecule has 0 unspecified atom stereocenters. The third-order valence-electron chi connectivity index (χ3n) is 2.85. The number of hydrogen-bond acceptors (Lipinski definition) is 3. The first-order valence-electron chi connectivity index (χ1n) is 6.09. The van der Waals surface area contributed by atoms with Crippen LogP contribution in [0.2, 0.25) is 0 Å². The fourth-order valence-electron chi connectivity index (χ4n) is 1.89. The van der Waals surface area contributed by atoms with Crippen LogP contribution in [-0.4, -0.2) is 22.6 Å². The van der Waals surface area contributed by atoms with E-state index in [2.05, 4.69) is 17.2 Å². The monoisotopic (exact) mass is 244 g/mol. The Labute approximate surface area is 106 Å². The van der Waals surface area contributed by atoms with Gasteiger partial charge in [-0.15, -0.1) is 0 Å². The highest BCUT2D eigenvalue weighted by atomic mass is 16.4. The zero-order valence-corrected chi connectivity index (χ0v) is 10.3. The van der Waals surface area contributed by atoms with Crippen LogP contribution < -0.4 is 5.32 Å². The molecule has 2 rings (SSSR count). The van der Waals surface area contributed by atoms with Crippen LogP contribution in [0.4, 0.5) is 5.82 Å². The van der Waals surface area contributed by atoms with E-state index in [4.69, 9.17) is 5.11 Å². The van der Waals surface area contributed by atoms with Crippen molar-refractivity contribution in [1.29, 1.82) is 0 Å². The van der Waals surface area contributed by atoms with Crippen LogP contribution in [-0.2, 0) is 0 Å². The molecule has 0 aliphatic heterocycles. The van der Waals surface area contributed by atoms with Gasteiger partial charge in [0, 0.05) is 23.5 Å². The zero-order valence-electron chi connectivity index (χ0n) is 10.3. The van der Waals surface area contributed by atoms with Crippen molar-refractivity contribution >= 4 is 22.6 Å². The molecule has 4 nitrogen and oxygen atoms in total. The third-order valence-corrected chi connectivity index (χ3v) is 2.85. The Balaban J connectivity index is 2.44. The molecule has 1 heterocycles. The Morgan fingerprint density at radius 2 is 2.06 bits per heavy atom. The molecule has 0 bridgehead atoms. The molecule has 0 aliphatic carbocycles. The number of rotatable bonds is 5. The molecule has 2 N–H and O–H groups in total. The molecule has 4 heteroatoms. The molecule has 0 spiro atoms. The summed E-state index contributed by atoms with van der Waals surface area (Å²) in [6.45, 7) is 2.97. The standard InChI is InChI=1S/C14H16N2O2/c1-2-3-8-15-13-11-7-5-4-6-10(11)12(9-16-13)14(17)18/h4-7,9H,2-3,8H2,1H3,(H,15,16)(H,17,18). The second-order valence-electron chi connectivity index (χ2n) is 4.15. The van der Waals surface area contributed by atoms with Crippen LogP contribution in [0.5, 0.6) is 0 Å². The SMILES string of the molecule is CCCCNc1ncc(C(=O)O)c2ccccc12. The van der Waals surface area contributed by atoms with E-state index in [0.29, 0.717) is 0 Å². The summed E-state index contributed by atoms with van der Waals surface area (Å²) in [6.07, 6.45) is 3.59. The summed E-state index contributed by atoms with van der Waals surface area (Å²) in [5.41, 5.74) is 0.242. The Morgan fingerprint density at radius 1 is 1.33 bits per heavy atom. The van der Waals surface area contributed by atoms with Crippen molar-refractivity contribution in [2.24, 2.45) is 0 Å². The van der Waals surface area contributed by atoms with Gasteiger partial charge in [0.25, 0.3) is 0 Å². The van der Waals surface area contributed by atoms with E-state index in [1.807, 2.05) is 24.3 Å². The lowest BCUT2D eigenvalue weighted by Gasteiger charge is -2.09. The lowest BCUT2D eigenvalue weighted by atomic mass is 10.1. The van der Waals surface area contributed by atoms with E-state index in [9.17, 15) is 4.79 Å². The number of carbonyl (C=O) groups is 1. The molecule has 1 aromatic carbocycles. The number of pyridine rings is 1. The molecule has 2 aromatic rings. The fraction of sp³-hybridized carbons (Fsp3) is 0.286. The summed E-state index contributed by atoms with van der Waals surface area (Å²) in [5, 5.41) is 14.0. The minimum absolute atomic E-state index is 0.242. The molecule has 0 saturated carbocycles. The van der Waals surface area contributed by atoms with Crippen molar-refractivity contribution < 1.29 is 9.90 Å². The van der Waals surface area contributed by atoms with E-state index < -0.39 is 5.97 Å². The lowest BCUT2D eigenvalue weighted by molar-refractivity contribution is 0.0698. The van der Waals surface area contributed by atoms with Crippen LogP contribution in [0.25, 0.3) is 10.8 Å². The van der Waals surface area contributed by atoms with Crippen molar-refractivity contribution in [2.45, 2.75) is 19.8 Å². The summed E-state index contributed by atoms with van der Waals surface area (Å²) in [4.78, 5) is 15.3. The number of fused-ring (bicyclic) bond motifs is 1. The molecular weight excluding hydrogens is 228 g/mol. The Hall–Kier alpha value is -2.10. The normalized spacial score (nSPS) is 10.5. The number of aromatic carboxylic acids is 1. The van der Waals surface area contributed by atoms with Crippen molar-refractivity contribution in [3.63, 3.8) is 0 Å².